The number of amides is 1. The fourth-order valence-electron chi connectivity index (χ4n) is 1.76. The van der Waals surface area contributed by atoms with E-state index in [0.29, 0.717) is 17.6 Å². The third-order valence-corrected chi connectivity index (χ3v) is 3.16. The first-order valence-electron chi connectivity index (χ1n) is 6.02. The molecule has 1 amide bonds. The van der Waals surface area contributed by atoms with Crippen molar-refractivity contribution in [3.8, 4) is 5.75 Å². The number of nitrogens with one attached hydrogen (secondary N) is 2. The van der Waals surface area contributed by atoms with Crippen molar-refractivity contribution in [1.82, 2.24) is 5.32 Å². The van der Waals surface area contributed by atoms with E-state index in [4.69, 9.17) is 4.74 Å². The minimum Gasteiger partial charge on any atom is -0.404 e. The van der Waals surface area contributed by atoms with E-state index in [1.165, 1.54) is 12.1 Å². The molecule has 1 aliphatic rings. The molecule has 1 aromatic carbocycles. The summed E-state index contributed by atoms with van der Waals surface area (Å²) < 4.78 is 46.5. The van der Waals surface area contributed by atoms with Crippen molar-refractivity contribution >= 4 is 27.5 Å². The molecule has 1 unspecified atom stereocenters. The molecule has 5 nitrogen and oxygen atoms in total. The number of hydrogen-bond donors (Lipinski definition) is 2. The predicted molar refractivity (Wildman–Crippen MR) is 72.1 cm³/mol. The second kappa shape index (κ2) is 6.63. The molecule has 0 aliphatic carbocycles. The molecule has 0 saturated carbocycles. The van der Waals surface area contributed by atoms with Crippen molar-refractivity contribution in [2.24, 2.45) is 0 Å². The number of ether oxygens (including phenoxy) is 2. The zero-order valence-electron chi connectivity index (χ0n) is 10.7. The zero-order chi connectivity index (χ0) is 15.5. The average Bonchev–Trinajstić information content (AvgIpc) is 2.41. The standard InChI is InChI=1S/C12H12BrF3N2O3/c13-7-1-2-8(10(5-7)21-12(14,15)16)18-11(19)9-6-20-4-3-17-9/h1-2,5,9,17H,3-4,6H2,(H,18,19). The van der Waals surface area contributed by atoms with E-state index in [2.05, 4.69) is 31.3 Å². The maximum absolute atomic E-state index is 12.4. The van der Waals surface area contributed by atoms with Crippen LogP contribution in [0.1, 0.15) is 0 Å². The lowest BCUT2D eigenvalue weighted by molar-refractivity contribution is -0.274. The fraction of sp³-hybridized carbons (Fsp3) is 0.417. The van der Waals surface area contributed by atoms with E-state index in [-0.39, 0.29) is 12.3 Å². The van der Waals surface area contributed by atoms with Gasteiger partial charge in [-0.3, -0.25) is 4.79 Å². The molecular weight excluding hydrogens is 357 g/mol. The van der Waals surface area contributed by atoms with Crippen LogP contribution in [-0.4, -0.2) is 38.1 Å². The van der Waals surface area contributed by atoms with E-state index in [1.54, 1.807) is 0 Å². The van der Waals surface area contributed by atoms with Crippen LogP contribution >= 0.6 is 15.9 Å². The van der Waals surface area contributed by atoms with Gasteiger partial charge < -0.3 is 20.1 Å². The number of alkyl halides is 3. The molecule has 2 N–H and O–H groups in total. The van der Waals surface area contributed by atoms with Gasteiger partial charge in [0.25, 0.3) is 0 Å². The summed E-state index contributed by atoms with van der Waals surface area (Å²) in [5.41, 5.74) is -0.0621. The van der Waals surface area contributed by atoms with Gasteiger partial charge in [0.2, 0.25) is 5.91 Å². The van der Waals surface area contributed by atoms with Crippen molar-refractivity contribution in [1.29, 1.82) is 0 Å². The molecule has 0 aromatic heterocycles. The van der Waals surface area contributed by atoms with Crippen LogP contribution in [0.15, 0.2) is 22.7 Å². The molecule has 0 bridgehead atoms. The SMILES string of the molecule is O=C(Nc1ccc(Br)cc1OC(F)(F)F)C1COCCN1. The summed E-state index contributed by atoms with van der Waals surface area (Å²) in [5, 5.41) is 5.31. The van der Waals surface area contributed by atoms with Crippen molar-refractivity contribution in [2.75, 3.05) is 25.1 Å². The second-order valence-electron chi connectivity index (χ2n) is 4.26. The average molecular weight is 369 g/mol. The van der Waals surface area contributed by atoms with Gasteiger partial charge in [-0.15, -0.1) is 13.2 Å². The number of anilines is 1. The number of benzene rings is 1. The first-order chi connectivity index (χ1) is 9.85. The van der Waals surface area contributed by atoms with Crippen LogP contribution in [0, 0.1) is 0 Å². The summed E-state index contributed by atoms with van der Waals surface area (Å²) in [7, 11) is 0. The highest BCUT2D eigenvalue weighted by molar-refractivity contribution is 9.10. The molecule has 0 radical (unpaired) electrons. The lowest BCUT2D eigenvalue weighted by Gasteiger charge is -2.23. The number of morpholine rings is 1. The Morgan fingerprint density at radius 3 is 2.86 bits per heavy atom. The summed E-state index contributed by atoms with van der Waals surface area (Å²) in [5.74, 6) is -0.967. The monoisotopic (exact) mass is 368 g/mol. The third kappa shape index (κ3) is 4.87. The zero-order valence-corrected chi connectivity index (χ0v) is 12.3. The molecule has 9 heteroatoms. The largest absolute Gasteiger partial charge is 0.573 e. The van der Waals surface area contributed by atoms with Crippen LogP contribution < -0.4 is 15.4 Å². The van der Waals surface area contributed by atoms with E-state index >= 15 is 0 Å². The van der Waals surface area contributed by atoms with Crippen molar-refractivity contribution in [3.05, 3.63) is 22.7 Å². The van der Waals surface area contributed by atoms with Crippen LogP contribution in [0.2, 0.25) is 0 Å². The Morgan fingerprint density at radius 2 is 2.24 bits per heavy atom. The molecule has 1 aliphatic heterocycles. The molecule has 1 saturated heterocycles. The number of hydrogen-bond acceptors (Lipinski definition) is 4. The van der Waals surface area contributed by atoms with Crippen LogP contribution in [0.3, 0.4) is 0 Å². The maximum Gasteiger partial charge on any atom is 0.573 e. The van der Waals surface area contributed by atoms with Gasteiger partial charge in [-0.25, -0.2) is 0 Å². The highest BCUT2D eigenvalue weighted by Crippen LogP contribution is 2.33. The number of halogens is 4. The van der Waals surface area contributed by atoms with E-state index in [0.717, 1.165) is 6.07 Å². The Balaban J connectivity index is 2.13. The van der Waals surface area contributed by atoms with Crippen LogP contribution in [-0.2, 0) is 9.53 Å². The quantitative estimate of drug-likeness (QED) is 0.859. The number of carbonyl (C=O) groups is 1. The van der Waals surface area contributed by atoms with Gasteiger partial charge in [0, 0.05) is 11.0 Å². The third-order valence-electron chi connectivity index (χ3n) is 2.67. The summed E-state index contributed by atoms with van der Waals surface area (Å²) in [4.78, 5) is 12.0. The summed E-state index contributed by atoms with van der Waals surface area (Å²) in [6, 6.07) is 3.35. The minimum atomic E-state index is -4.84. The van der Waals surface area contributed by atoms with Crippen LogP contribution in [0.5, 0.6) is 5.75 Å². The Hall–Kier alpha value is -1.32. The van der Waals surface area contributed by atoms with E-state index < -0.39 is 24.1 Å². The maximum atomic E-state index is 12.4. The summed E-state index contributed by atoms with van der Waals surface area (Å²) >= 11 is 3.05. The first kappa shape index (κ1) is 16.1. The Kier molecular flexibility index (Phi) is 5.07. The molecule has 1 heterocycles. The molecule has 1 aromatic rings. The first-order valence-corrected chi connectivity index (χ1v) is 6.82. The molecule has 116 valence electrons. The van der Waals surface area contributed by atoms with Crippen LogP contribution in [0.4, 0.5) is 18.9 Å². The fourth-order valence-corrected chi connectivity index (χ4v) is 2.10. The Labute approximate surface area is 126 Å². The smallest absolute Gasteiger partial charge is 0.404 e. The van der Waals surface area contributed by atoms with Crippen LogP contribution in [0.25, 0.3) is 0 Å². The van der Waals surface area contributed by atoms with Gasteiger partial charge in [-0.2, -0.15) is 0 Å². The van der Waals surface area contributed by atoms with Gasteiger partial charge in [-0.1, -0.05) is 15.9 Å². The second-order valence-corrected chi connectivity index (χ2v) is 5.17. The van der Waals surface area contributed by atoms with Gasteiger partial charge in [0.15, 0.2) is 5.75 Å². The summed E-state index contributed by atoms with van der Waals surface area (Å²) in [6.45, 7) is 1.16. The highest BCUT2D eigenvalue weighted by Gasteiger charge is 2.33. The van der Waals surface area contributed by atoms with E-state index in [1.807, 2.05) is 0 Å². The van der Waals surface area contributed by atoms with E-state index in [9.17, 15) is 18.0 Å². The molecule has 1 fully saturated rings. The lowest BCUT2D eigenvalue weighted by Crippen LogP contribution is -2.48. The molecule has 2 rings (SSSR count). The lowest BCUT2D eigenvalue weighted by atomic mass is 10.2. The minimum absolute atomic E-state index is 0.0621. The Bertz CT molecular complexity index is 519. The number of carbonyl (C=O) groups excluding carboxylic acids is 1. The summed E-state index contributed by atoms with van der Waals surface area (Å²) in [6.07, 6.45) is -4.84. The molecular formula is C12H12BrF3N2O3. The van der Waals surface area contributed by atoms with Gasteiger partial charge >= 0.3 is 6.36 Å². The topological polar surface area (TPSA) is 59.6 Å². The highest BCUT2D eigenvalue weighted by atomic mass is 79.9. The van der Waals surface area contributed by atoms with Crippen molar-refractivity contribution < 1.29 is 27.4 Å². The molecule has 1 atom stereocenters. The number of rotatable bonds is 3. The van der Waals surface area contributed by atoms with Crippen molar-refractivity contribution in [3.63, 3.8) is 0 Å². The van der Waals surface area contributed by atoms with Gasteiger partial charge in [0.1, 0.15) is 6.04 Å². The van der Waals surface area contributed by atoms with Gasteiger partial charge in [-0.05, 0) is 18.2 Å². The molecule has 21 heavy (non-hydrogen) atoms. The normalized spacial score (nSPS) is 19.1. The van der Waals surface area contributed by atoms with Gasteiger partial charge in [0.05, 0.1) is 18.9 Å². The Morgan fingerprint density at radius 1 is 1.48 bits per heavy atom. The van der Waals surface area contributed by atoms with Crippen molar-refractivity contribution in [2.45, 2.75) is 12.4 Å². The predicted octanol–water partition coefficient (Wildman–Crippen LogP) is 2.27. The molecule has 0 spiro atoms.